The van der Waals surface area contributed by atoms with Crippen LogP contribution in [0.3, 0.4) is 0 Å². The molecule has 0 aliphatic carbocycles. The maximum absolute atomic E-state index is 9.06. The van der Waals surface area contributed by atoms with Gasteiger partial charge in [0.15, 0.2) is 0 Å². The van der Waals surface area contributed by atoms with Crippen LogP contribution in [0.1, 0.15) is 16.7 Å². The number of nitrogens with two attached hydrogens (primary N) is 1. The Kier molecular flexibility index (Phi) is 2.97. The minimum Gasteiger partial charge on any atom is -0.308 e. The number of anilines is 1. The Balaban J connectivity index is 2.63. The van der Waals surface area contributed by atoms with E-state index in [4.69, 9.17) is 22.7 Å². The van der Waals surface area contributed by atoms with Crippen LogP contribution >= 0.6 is 11.6 Å². The lowest BCUT2D eigenvalue weighted by molar-refractivity contribution is 0.313. The van der Waals surface area contributed by atoms with Crippen LogP contribution in [-0.2, 0) is 13.0 Å². The monoisotopic (exact) mass is 237 g/mol. The summed E-state index contributed by atoms with van der Waals surface area (Å²) in [6.45, 7) is 1.64. The van der Waals surface area contributed by atoms with Gasteiger partial charge in [-0.15, -0.1) is 0 Å². The Hall–Kier alpha value is -1.35. The van der Waals surface area contributed by atoms with Crippen molar-refractivity contribution in [2.45, 2.75) is 13.0 Å². The number of hydrazine groups is 1. The fourth-order valence-electron chi connectivity index (χ4n) is 1.97. The molecule has 0 radical (unpaired) electrons. The van der Waals surface area contributed by atoms with Crippen molar-refractivity contribution < 1.29 is 0 Å². The van der Waals surface area contributed by atoms with E-state index in [0.717, 1.165) is 30.6 Å². The van der Waals surface area contributed by atoms with Crippen LogP contribution in [0.4, 0.5) is 5.82 Å². The van der Waals surface area contributed by atoms with E-state index in [0.29, 0.717) is 11.4 Å². The maximum atomic E-state index is 9.06. The summed E-state index contributed by atoms with van der Waals surface area (Å²) in [6.07, 6.45) is 0.797. The smallest absolute Gasteiger partial charge is 0.149 e. The molecule has 1 aromatic rings. The summed E-state index contributed by atoms with van der Waals surface area (Å²) in [5, 5.41) is 9.29. The molecule has 0 saturated carbocycles. The molecule has 0 spiro atoms. The second-order valence-corrected chi connectivity index (χ2v) is 4.19. The third-order valence-corrected chi connectivity index (χ3v) is 3.06. The van der Waals surface area contributed by atoms with Crippen molar-refractivity contribution in [1.82, 2.24) is 9.88 Å². The molecular weight excluding hydrogens is 226 g/mol. The molecule has 0 bridgehead atoms. The first-order valence-corrected chi connectivity index (χ1v) is 5.31. The summed E-state index contributed by atoms with van der Waals surface area (Å²) in [7, 11) is 2.02. The molecule has 1 aliphatic rings. The lowest BCUT2D eigenvalue weighted by Crippen LogP contribution is -2.29. The van der Waals surface area contributed by atoms with Crippen molar-refractivity contribution in [1.29, 1.82) is 5.26 Å². The highest BCUT2D eigenvalue weighted by Gasteiger charge is 2.23. The van der Waals surface area contributed by atoms with Crippen LogP contribution in [0.15, 0.2) is 0 Å². The highest BCUT2D eigenvalue weighted by Crippen LogP contribution is 2.30. The van der Waals surface area contributed by atoms with E-state index in [9.17, 15) is 0 Å². The number of nitriles is 1. The lowest BCUT2D eigenvalue weighted by atomic mass is 9.97. The number of rotatable bonds is 1. The SMILES string of the molecule is CN1CCc2c(C#N)c(Cl)nc(NN)c2C1. The van der Waals surface area contributed by atoms with Crippen LogP contribution in [0.25, 0.3) is 0 Å². The van der Waals surface area contributed by atoms with Crippen molar-refractivity contribution in [2.75, 3.05) is 19.0 Å². The Bertz CT molecular complexity index is 465. The number of fused-ring (bicyclic) bond motifs is 1. The molecule has 6 heteroatoms. The number of hydrogen-bond donors (Lipinski definition) is 2. The summed E-state index contributed by atoms with van der Waals surface area (Å²) >= 11 is 5.94. The largest absolute Gasteiger partial charge is 0.308 e. The molecular formula is C10H12ClN5. The first-order chi connectivity index (χ1) is 7.67. The van der Waals surface area contributed by atoms with Gasteiger partial charge in [-0.25, -0.2) is 10.8 Å². The molecule has 2 heterocycles. The van der Waals surface area contributed by atoms with E-state index < -0.39 is 0 Å². The molecule has 1 aliphatic heterocycles. The molecule has 5 nitrogen and oxygen atoms in total. The number of aromatic nitrogens is 1. The molecule has 0 aromatic carbocycles. The number of nitrogens with one attached hydrogen (secondary N) is 1. The van der Waals surface area contributed by atoms with Crippen LogP contribution in [0, 0.1) is 11.3 Å². The van der Waals surface area contributed by atoms with Gasteiger partial charge in [0.05, 0.1) is 5.56 Å². The van der Waals surface area contributed by atoms with Crippen molar-refractivity contribution in [3.63, 3.8) is 0 Å². The van der Waals surface area contributed by atoms with Crippen LogP contribution in [0.5, 0.6) is 0 Å². The van der Waals surface area contributed by atoms with Gasteiger partial charge in [-0.2, -0.15) is 5.26 Å². The van der Waals surface area contributed by atoms with Gasteiger partial charge in [0, 0.05) is 18.7 Å². The molecule has 2 rings (SSSR count). The van der Waals surface area contributed by atoms with E-state index in [1.165, 1.54) is 0 Å². The number of halogens is 1. The molecule has 16 heavy (non-hydrogen) atoms. The summed E-state index contributed by atoms with van der Waals surface area (Å²) in [5.74, 6) is 5.97. The van der Waals surface area contributed by atoms with Gasteiger partial charge in [-0.3, -0.25) is 0 Å². The standard InChI is InChI=1S/C10H12ClN5/c1-16-3-2-6-7(4-12)9(11)14-10(15-13)8(6)5-16/h2-3,5,13H2,1H3,(H,14,15). The van der Waals surface area contributed by atoms with Crippen molar-refractivity contribution in [3.8, 4) is 6.07 Å². The predicted octanol–water partition coefficient (Wildman–Crippen LogP) is 0.880. The maximum Gasteiger partial charge on any atom is 0.149 e. The van der Waals surface area contributed by atoms with Crippen molar-refractivity contribution in [2.24, 2.45) is 5.84 Å². The summed E-state index contributed by atoms with van der Waals surface area (Å²) < 4.78 is 0. The van der Waals surface area contributed by atoms with E-state index in [1.807, 2.05) is 7.05 Å². The van der Waals surface area contributed by atoms with Gasteiger partial charge in [0.2, 0.25) is 0 Å². The average molecular weight is 238 g/mol. The Labute approximate surface area is 98.8 Å². The third kappa shape index (κ3) is 1.71. The zero-order valence-corrected chi connectivity index (χ0v) is 9.67. The van der Waals surface area contributed by atoms with Crippen molar-refractivity contribution in [3.05, 3.63) is 21.8 Å². The second-order valence-electron chi connectivity index (χ2n) is 3.83. The predicted molar refractivity (Wildman–Crippen MR) is 61.8 cm³/mol. The zero-order valence-electron chi connectivity index (χ0n) is 8.92. The van der Waals surface area contributed by atoms with Crippen molar-refractivity contribution >= 4 is 17.4 Å². The Morgan fingerprint density at radius 2 is 2.31 bits per heavy atom. The average Bonchev–Trinajstić information content (AvgIpc) is 2.28. The first-order valence-electron chi connectivity index (χ1n) is 4.94. The number of nitrogens with zero attached hydrogens (tertiary/aromatic N) is 3. The number of likely N-dealkylation sites (N-methyl/N-ethyl adjacent to an activating group) is 1. The number of nitrogen functional groups attached to an aromatic ring is 1. The van der Waals surface area contributed by atoms with Gasteiger partial charge < -0.3 is 10.3 Å². The van der Waals surface area contributed by atoms with E-state index >= 15 is 0 Å². The fourth-order valence-corrected chi connectivity index (χ4v) is 2.21. The minimum absolute atomic E-state index is 0.221. The highest BCUT2D eigenvalue weighted by atomic mass is 35.5. The third-order valence-electron chi connectivity index (χ3n) is 2.79. The normalized spacial score (nSPS) is 15.4. The van der Waals surface area contributed by atoms with Gasteiger partial charge in [-0.05, 0) is 19.0 Å². The number of hydrogen-bond acceptors (Lipinski definition) is 5. The molecule has 0 saturated heterocycles. The van der Waals surface area contributed by atoms with Gasteiger partial charge in [0.1, 0.15) is 17.0 Å². The summed E-state index contributed by atoms with van der Waals surface area (Å²) in [5.41, 5.74) is 4.95. The second kappa shape index (κ2) is 4.26. The number of pyridine rings is 1. The van der Waals surface area contributed by atoms with Crippen LogP contribution in [0.2, 0.25) is 5.15 Å². The lowest BCUT2D eigenvalue weighted by Gasteiger charge is -2.27. The quantitative estimate of drug-likeness (QED) is 0.431. The molecule has 1 aromatic heterocycles. The van der Waals surface area contributed by atoms with Gasteiger partial charge in [-0.1, -0.05) is 11.6 Å². The fraction of sp³-hybridized carbons (Fsp3) is 0.400. The first kappa shape index (κ1) is 11.1. The highest BCUT2D eigenvalue weighted by molar-refractivity contribution is 6.30. The summed E-state index contributed by atoms with van der Waals surface area (Å²) in [6, 6.07) is 2.11. The molecule has 3 N–H and O–H groups in total. The van der Waals surface area contributed by atoms with E-state index in [1.54, 1.807) is 0 Å². The van der Waals surface area contributed by atoms with Gasteiger partial charge >= 0.3 is 0 Å². The topological polar surface area (TPSA) is 78.0 Å². The zero-order chi connectivity index (χ0) is 11.7. The van der Waals surface area contributed by atoms with Crippen LogP contribution in [-0.4, -0.2) is 23.5 Å². The van der Waals surface area contributed by atoms with E-state index in [2.05, 4.69) is 21.4 Å². The minimum atomic E-state index is 0.221. The van der Waals surface area contributed by atoms with Gasteiger partial charge in [0.25, 0.3) is 0 Å². The Morgan fingerprint density at radius 3 is 2.94 bits per heavy atom. The molecule has 0 atom stereocenters. The molecule has 0 fully saturated rings. The Morgan fingerprint density at radius 1 is 1.56 bits per heavy atom. The molecule has 0 unspecified atom stereocenters. The summed E-state index contributed by atoms with van der Waals surface area (Å²) in [4.78, 5) is 6.24. The molecule has 84 valence electrons. The van der Waals surface area contributed by atoms with E-state index in [-0.39, 0.29) is 5.15 Å². The molecule has 0 amide bonds. The van der Waals surface area contributed by atoms with Crippen LogP contribution < -0.4 is 11.3 Å².